The monoisotopic (exact) mass is 136 g/mol. The Hall–Kier alpha value is -0.303. The van der Waals surface area contributed by atoms with Crippen molar-refractivity contribution in [1.29, 1.82) is 0 Å². The van der Waals surface area contributed by atoms with Gasteiger partial charge in [0.25, 0.3) is 0 Å². The molecular weight excluding hydrogens is 124 g/mol. The highest BCUT2D eigenvalue weighted by Crippen LogP contribution is 2.18. The molecule has 1 rings (SSSR count). The lowest BCUT2D eigenvalue weighted by Gasteiger charge is -1.92. The third kappa shape index (κ3) is 1.55. The number of rotatable bonds is 0. The normalized spacial score (nSPS) is 18.1. The van der Waals surface area contributed by atoms with Gasteiger partial charge in [-0.05, 0) is 26.8 Å². The summed E-state index contributed by atoms with van der Waals surface area (Å²) in [7, 11) is 1.05. The molecule has 9 heavy (non-hydrogen) atoms. The van der Waals surface area contributed by atoms with E-state index in [1.165, 1.54) is 11.6 Å². The highest BCUT2D eigenvalue weighted by Gasteiger charge is 2.06. The lowest BCUT2D eigenvalue weighted by atomic mass is 10.2. The molecule has 0 amide bonds. The first-order valence-corrected chi connectivity index (χ1v) is 4.49. The van der Waals surface area contributed by atoms with Gasteiger partial charge >= 0.3 is 0 Å². The maximum atomic E-state index is 2.33. The van der Waals surface area contributed by atoms with E-state index in [-0.39, 0.29) is 0 Å². The Bertz CT molecular complexity index is 171. The molecule has 0 N–H and O–H groups in total. The lowest BCUT2D eigenvalue weighted by Crippen LogP contribution is -1.86. The van der Waals surface area contributed by atoms with Crippen LogP contribution in [0.3, 0.4) is 0 Å². The van der Waals surface area contributed by atoms with E-state index in [0.717, 1.165) is 9.52 Å². The average Bonchev–Trinajstić information content (AvgIpc) is 2.14. The van der Waals surface area contributed by atoms with Crippen molar-refractivity contribution in [3.63, 3.8) is 0 Å². The van der Waals surface area contributed by atoms with Crippen molar-refractivity contribution in [3.8, 4) is 0 Å². The van der Waals surface area contributed by atoms with Crippen LogP contribution in [0.4, 0.5) is 0 Å². The summed E-state index contributed by atoms with van der Waals surface area (Å²) in [4.78, 5) is 0. The van der Waals surface area contributed by atoms with Crippen molar-refractivity contribution in [2.24, 2.45) is 0 Å². The molecule has 0 aromatic carbocycles. The highest BCUT2D eigenvalue weighted by atomic mass is 28.2. The highest BCUT2D eigenvalue weighted by molar-refractivity contribution is 6.49. The number of hydrogen-bond donors (Lipinski definition) is 0. The fraction of sp³-hybridized carbons (Fsp3) is 0.500. The van der Waals surface area contributed by atoms with E-state index >= 15 is 0 Å². The maximum Gasteiger partial charge on any atom is 0.0851 e. The zero-order valence-corrected chi connectivity index (χ0v) is 7.28. The van der Waals surface area contributed by atoms with Crippen LogP contribution in [0.1, 0.15) is 20.8 Å². The first-order chi connectivity index (χ1) is 4.20. The molecule has 0 spiro atoms. The quantitative estimate of drug-likeness (QED) is 0.448. The van der Waals surface area contributed by atoms with Crippen LogP contribution in [0, 0.1) is 0 Å². The summed E-state index contributed by atoms with van der Waals surface area (Å²) >= 11 is 0. The predicted octanol–water partition coefficient (Wildman–Crippen LogP) is 2.36. The third-order valence-corrected chi connectivity index (χ3v) is 3.25. The molecule has 0 unspecified atom stereocenters. The third-order valence-electron chi connectivity index (χ3n) is 1.49. The smallest absolute Gasteiger partial charge is 0.0777 e. The van der Waals surface area contributed by atoms with E-state index in [4.69, 9.17) is 0 Å². The van der Waals surface area contributed by atoms with E-state index in [1.54, 1.807) is 10.8 Å². The van der Waals surface area contributed by atoms with Gasteiger partial charge < -0.3 is 0 Å². The van der Waals surface area contributed by atoms with Crippen LogP contribution in [0.25, 0.3) is 0 Å². The molecule has 0 saturated carbocycles. The molecule has 48 valence electrons. The van der Waals surface area contributed by atoms with Crippen molar-refractivity contribution in [1.82, 2.24) is 0 Å². The van der Waals surface area contributed by atoms with Crippen molar-refractivity contribution >= 4 is 9.52 Å². The minimum absolute atomic E-state index is 1.05. The Labute approximate surface area is 59.5 Å². The summed E-state index contributed by atoms with van der Waals surface area (Å²) in [5, 5.41) is 1.58. The zero-order chi connectivity index (χ0) is 6.85. The Morgan fingerprint density at radius 3 is 2.44 bits per heavy atom. The molecule has 0 aromatic heterocycles. The predicted molar refractivity (Wildman–Crippen MR) is 42.7 cm³/mol. The van der Waals surface area contributed by atoms with Crippen molar-refractivity contribution in [2.75, 3.05) is 0 Å². The van der Waals surface area contributed by atoms with E-state index < -0.39 is 0 Å². The largest absolute Gasteiger partial charge is 0.0851 e. The standard InChI is InChI=1S/C8H12Si/c1-6(2)8-4-7(3)5-9-8/h4H,5H2,1-3H3. The second-order valence-electron chi connectivity index (χ2n) is 2.76. The Morgan fingerprint density at radius 1 is 1.56 bits per heavy atom. The first-order valence-electron chi connectivity index (χ1n) is 3.28. The molecule has 1 heteroatoms. The van der Waals surface area contributed by atoms with Gasteiger partial charge in [-0.25, -0.2) is 0 Å². The fourth-order valence-corrected chi connectivity index (χ4v) is 2.18. The minimum Gasteiger partial charge on any atom is -0.0777 e. The Morgan fingerprint density at radius 2 is 2.22 bits per heavy atom. The SMILES string of the molecule is CC1=CC(=C(C)C)[Si]C1. The van der Waals surface area contributed by atoms with E-state index in [1.807, 2.05) is 0 Å². The van der Waals surface area contributed by atoms with Gasteiger partial charge in [0.15, 0.2) is 0 Å². The van der Waals surface area contributed by atoms with Gasteiger partial charge in [-0.3, -0.25) is 0 Å². The Balaban J connectivity index is 2.80. The summed E-state index contributed by atoms with van der Waals surface area (Å²) in [6.45, 7) is 6.60. The van der Waals surface area contributed by atoms with Gasteiger partial charge in [-0.15, -0.1) is 0 Å². The van der Waals surface area contributed by atoms with Gasteiger partial charge in [0.05, 0.1) is 9.52 Å². The molecule has 0 atom stereocenters. The maximum absolute atomic E-state index is 2.33. The van der Waals surface area contributed by atoms with Gasteiger partial charge in [-0.2, -0.15) is 0 Å². The van der Waals surface area contributed by atoms with Gasteiger partial charge in [-0.1, -0.05) is 22.4 Å². The summed E-state index contributed by atoms with van der Waals surface area (Å²) < 4.78 is 0. The van der Waals surface area contributed by atoms with Crippen molar-refractivity contribution < 1.29 is 0 Å². The van der Waals surface area contributed by atoms with Crippen molar-refractivity contribution in [2.45, 2.75) is 26.8 Å². The van der Waals surface area contributed by atoms with Gasteiger partial charge in [0, 0.05) is 0 Å². The van der Waals surface area contributed by atoms with Gasteiger partial charge in [0.1, 0.15) is 0 Å². The zero-order valence-electron chi connectivity index (χ0n) is 6.28. The molecular formula is C8H12Si. The molecule has 0 aromatic rings. The van der Waals surface area contributed by atoms with E-state index in [2.05, 4.69) is 26.8 Å². The number of allylic oxidation sites excluding steroid dienone is 4. The molecule has 0 fully saturated rings. The molecule has 1 heterocycles. The van der Waals surface area contributed by atoms with Crippen LogP contribution in [-0.4, -0.2) is 9.52 Å². The minimum atomic E-state index is 1.05. The number of hydrogen-bond acceptors (Lipinski definition) is 0. The lowest BCUT2D eigenvalue weighted by molar-refractivity contribution is 1.37. The molecule has 0 nitrogen and oxygen atoms in total. The summed E-state index contributed by atoms with van der Waals surface area (Å²) in [6.07, 6.45) is 2.33. The van der Waals surface area contributed by atoms with Crippen LogP contribution in [0.5, 0.6) is 0 Å². The van der Waals surface area contributed by atoms with E-state index in [9.17, 15) is 0 Å². The van der Waals surface area contributed by atoms with Crippen molar-refractivity contribution in [3.05, 3.63) is 22.4 Å². The molecule has 1 aliphatic heterocycles. The molecule has 2 radical (unpaired) electrons. The van der Waals surface area contributed by atoms with E-state index in [0.29, 0.717) is 0 Å². The van der Waals surface area contributed by atoms with Gasteiger partial charge in [0.2, 0.25) is 0 Å². The summed E-state index contributed by atoms with van der Waals surface area (Å²) in [6, 6.07) is 1.31. The topological polar surface area (TPSA) is 0 Å². The summed E-state index contributed by atoms with van der Waals surface area (Å²) in [5.74, 6) is 0. The first kappa shape index (κ1) is 6.81. The molecule has 0 aliphatic carbocycles. The van der Waals surface area contributed by atoms with Crippen LogP contribution in [0.15, 0.2) is 22.4 Å². The Kier molecular flexibility index (Phi) is 1.91. The average molecular weight is 136 g/mol. The van der Waals surface area contributed by atoms with Crippen LogP contribution < -0.4 is 0 Å². The molecule has 0 bridgehead atoms. The fourth-order valence-electron chi connectivity index (χ4n) is 0.904. The van der Waals surface area contributed by atoms with Crippen LogP contribution in [0.2, 0.25) is 6.04 Å². The second kappa shape index (κ2) is 2.52. The molecule has 1 aliphatic rings. The van der Waals surface area contributed by atoms with Crippen LogP contribution in [-0.2, 0) is 0 Å². The summed E-state index contributed by atoms with van der Waals surface area (Å²) in [5.41, 5.74) is 3.04. The van der Waals surface area contributed by atoms with Crippen LogP contribution >= 0.6 is 0 Å². The molecule has 0 saturated heterocycles. The second-order valence-corrected chi connectivity index (χ2v) is 4.00.